The maximum Gasteiger partial charge on any atom is 0.213 e. The number of rotatable bonds is 0. The van der Waals surface area contributed by atoms with Gasteiger partial charge in [0.05, 0.1) is 10.9 Å². The molecular formula is C23H31N2+. The first-order valence-electron chi connectivity index (χ1n) is 8.87. The SMILES string of the molecule is CC.CNC.C[N+]1=Cc2cccc3cccc1c23.Cc1ccccc1. The van der Waals surface area contributed by atoms with Crippen LogP contribution in [0.4, 0.5) is 5.69 Å². The zero-order valence-electron chi connectivity index (χ0n) is 16.4. The summed E-state index contributed by atoms with van der Waals surface area (Å²) < 4.78 is 2.18. The van der Waals surface area contributed by atoms with Gasteiger partial charge in [-0.1, -0.05) is 74.0 Å². The first-order valence-corrected chi connectivity index (χ1v) is 8.87. The highest BCUT2D eigenvalue weighted by Crippen LogP contribution is 2.31. The number of hydrogen-bond acceptors (Lipinski definition) is 1. The van der Waals surface area contributed by atoms with Crippen LogP contribution in [0.1, 0.15) is 25.0 Å². The van der Waals surface area contributed by atoms with Crippen molar-refractivity contribution < 1.29 is 4.58 Å². The van der Waals surface area contributed by atoms with Crippen molar-refractivity contribution in [1.82, 2.24) is 5.32 Å². The van der Waals surface area contributed by atoms with Crippen molar-refractivity contribution in [1.29, 1.82) is 0 Å². The molecule has 4 rings (SSSR count). The molecule has 0 bridgehead atoms. The Morgan fingerprint density at radius 1 is 0.760 bits per heavy atom. The van der Waals surface area contributed by atoms with Gasteiger partial charge in [0.1, 0.15) is 7.05 Å². The molecule has 0 atom stereocenters. The van der Waals surface area contributed by atoms with Gasteiger partial charge in [-0.2, -0.15) is 0 Å². The molecule has 0 amide bonds. The van der Waals surface area contributed by atoms with Crippen LogP contribution in [0.3, 0.4) is 0 Å². The molecule has 1 N–H and O–H groups in total. The fourth-order valence-corrected chi connectivity index (χ4v) is 2.56. The molecule has 0 saturated carbocycles. The lowest BCUT2D eigenvalue weighted by molar-refractivity contribution is -0.394. The summed E-state index contributed by atoms with van der Waals surface area (Å²) in [6, 6.07) is 23.1. The monoisotopic (exact) mass is 335 g/mol. The van der Waals surface area contributed by atoms with Crippen LogP contribution < -0.4 is 5.32 Å². The number of aryl methyl sites for hydroxylation is 1. The van der Waals surface area contributed by atoms with E-state index in [0.29, 0.717) is 0 Å². The average Bonchev–Trinajstić information content (AvgIpc) is 2.97. The smallest absolute Gasteiger partial charge is 0.213 e. The fourth-order valence-electron chi connectivity index (χ4n) is 2.56. The van der Waals surface area contributed by atoms with Crippen LogP contribution in [0.2, 0.25) is 0 Å². The Hall–Kier alpha value is -2.45. The van der Waals surface area contributed by atoms with Crippen molar-refractivity contribution in [3.05, 3.63) is 77.9 Å². The predicted octanol–water partition coefficient (Wildman–Crippen LogP) is 5.40. The van der Waals surface area contributed by atoms with Crippen LogP contribution in [-0.2, 0) is 0 Å². The van der Waals surface area contributed by atoms with E-state index in [0.717, 1.165) is 0 Å². The molecule has 3 aromatic rings. The molecular weight excluding hydrogens is 304 g/mol. The second-order valence-corrected chi connectivity index (χ2v) is 5.62. The summed E-state index contributed by atoms with van der Waals surface area (Å²) in [6.45, 7) is 6.08. The minimum atomic E-state index is 1.31. The largest absolute Gasteiger partial charge is 0.323 e. The third-order valence-corrected chi connectivity index (χ3v) is 3.57. The van der Waals surface area contributed by atoms with Crippen LogP contribution in [0.15, 0.2) is 66.7 Å². The average molecular weight is 336 g/mol. The van der Waals surface area contributed by atoms with Crippen molar-refractivity contribution in [2.75, 3.05) is 21.1 Å². The molecule has 0 radical (unpaired) electrons. The van der Waals surface area contributed by atoms with Gasteiger partial charge in [0, 0.05) is 6.07 Å². The van der Waals surface area contributed by atoms with Gasteiger partial charge in [-0.25, -0.2) is 4.58 Å². The normalized spacial score (nSPS) is 10.4. The topological polar surface area (TPSA) is 15.0 Å². The molecule has 0 aromatic heterocycles. The highest BCUT2D eigenvalue weighted by molar-refractivity contribution is 6.06. The molecule has 0 spiro atoms. The first kappa shape index (κ1) is 20.6. The maximum atomic E-state index is 2.75. The van der Waals surface area contributed by atoms with Crippen molar-refractivity contribution >= 4 is 22.7 Å². The van der Waals surface area contributed by atoms with Crippen molar-refractivity contribution in [2.45, 2.75) is 20.8 Å². The highest BCUT2D eigenvalue weighted by Gasteiger charge is 2.19. The Bertz CT molecular complexity index is 784. The summed E-state index contributed by atoms with van der Waals surface area (Å²) in [5.41, 5.74) is 3.96. The minimum absolute atomic E-state index is 1.31. The predicted molar refractivity (Wildman–Crippen MR) is 112 cm³/mol. The Balaban J connectivity index is 0.000000222. The minimum Gasteiger partial charge on any atom is -0.323 e. The van der Waals surface area contributed by atoms with Gasteiger partial charge >= 0.3 is 0 Å². The number of nitrogens with zero attached hydrogens (tertiary/aromatic N) is 1. The molecule has 132 valence electrons. The number of benzene rings is 3. The number of hydrogen-bond donors (Lipinski definition) is 1. The summed E-state index contributed by atoms with van der Waals surface area (Å²) in [5, 5.41) is 5.46. The zero-order chi connectivity index (χ0) is 18.7. The van der Waals surface area contributed by atoms with E-state index < -0.39 is 0 Å². The zero-order valence-corrected chi connectivity index (χ0v) is 16.4. The Morgan fingerprint density at radius 3 is 1.84 bits per heavy atom. The standard InChI is InChI=1S/C12H10N.C7H8.C2H7N.C2H6/c1-13-8-10-6-2-4-9-5-3-7-11(13)12(9)10;1-7-5-3-2-4-6-7;1-3-2;1-2/h2-8H,1H3;2-6H,1H3;3H,1-2H3;1-2H3/q+1;;;. The molecule has 1 heterocycles. The van der Waals surface area contributed by atoms with Crippen LogP contribution in [-0.4, -0.2) is 31.9 Å². The van der Waals surface area contributed by atoms with Crippen LogP contribution in [0.25, 0.3) is 10.8 Å². The second kappa shape index (κ2) is 11.2. The van der Waals surface area contributed by atoms with Gasteiger partial charge in [-0.3, -0.25) is 0 Å². The van der Waals surface area contributed by atoms with E-state index in [9.17, 15) is 0 Å². The lowest BCUT2D eigenvalue weighted by Gasteiger charge is -1.95. The molecule has 3 aromatic carbocycles. The van der Waals surface area contributed by atoms with Crippen LogP contribution in [0, 0.1) is 6.92 Å². The lowest BCUT2D eigenvalue weighted by Crippen LogP contribution is -1.92. The molecule has 0 fully saturated rings. The Labute approximate surface area is 152 Å². The van der Waals surface area contributed by atoms with Gasteiger partial charge in [0.2, 0.25) is 5.69 Å². The molecule has 0 aliphatic carbocycles. The molecule has 0 saturated heterocycles. The molecule has 0 unspecified atom stereocenters. The van der Waals surface area contributed by atoms with E-state index in [1.807, 2.05) is 46.1 Å². The van der Waals surface area contributed by atoms with Gasteiger partial charge in [0.25, 0.3) is 0 Å². The Morgan fingerprint density at radius 2 is 1.32 bits per heavy atom. The van der Waals surface area contributed by atoms with E-state index >= 15 is 0 Å². The quantitative estimate of drug-likeness (QED) is 0.543. The third-order valence-electron chi connectivity index (χ3n) is 3.57. The van der Waals surface area contributed by atoms with Crippen molar-refractivity contribution in [3.8, 4) is 0 Å². The summed E-state index contributed by atoms with van der Waals surface area (Å²) in [6.07, 6.45) is 2.18. The molecule has 1 aliphatic heterocycles. The van der Waals surface area contributed by atoms with E-state index in [1.54, 1.807) is 0 Å². The highest BCUT2D eigenvalue weighted by atomic mass is 15.0. The molecule has 2 nitrogen and oxygen atoms in total. The molecule has 2 heteroatoms. The molecule has 1 aliphatic rings. The maximum absolute atomic E-state index is 2.75. The van der Waals surface area contributed by atoms with Crippen molar-refractivity contribution in [3.63, 3.8) is 0 Å². The lowest BCUT2D eigenvalue weighted by atomic mass is 10.1. The summed E-state index contributed by atoms with van der Waals surface area (Å²) >= 11 is 0. The van der Waals surface area contributed by atoms with Crippen LogP contribution in [0.5, 0.6) is 0 Å². The molecule has 25 heavy (non-hydrogen) atoms. The fraction of sp³-hybridized carbons (Fsp3) is 0.261. The van der Waals surface area contributed by atoms with Gasteiger partial charge in [-0.15, -0.1) is 0 Å². The summed E-state index contributed by atoms with van der Waals surface area (Å²) in [4.78, 5) is 0. The summed E-state index contributed by atoms with van der Waals surface area (Å²) in [7, 11) is 5.84. The van der Waals surface area contributed by atoms with E-state index in [-0.39, 0.29) is 0 Å². The van der Waals surface area contributed by atoms with Gasteiger partial charge in [-0.05, 0) is 32.5 Å². The third kappa shape index (κ3) is 5.84. The van der Waals surface area contributed by atoms with E-state index in [1.165, 1.54) is 27.6 Å². The van der Waals surface area contributed by atoms with Crippen molar-refractivity contribution in [2.24, 2.45) is 0 Å². The van der Waals surface area contributed by atoms with E-state index in [2.05, 4.69) is 78.6 Å². The Kier molecular flexibility index (Phi) is 9.20. The van der Waals surface area contributed by atoms with Gasteiger partial charge < -0.3 is 5.32 Å². The van der Waals surface area contributed by atoms with E-state index in [4.69, 9.17) is 0 Å². The number of nitrogens with one attached hydrogen (secondary N) is 1. The van der Waals surface area contributed by atoms with Crippen LogP contribution >= 0.6 is 0 Å². The second-order valence-electron chi connectivity index (χ2n) is 5.62. The first-order chi connectivity index (χ1) is 12.2. The summed E-state index contributed by atoms with van der Waals surface area (Å²) in [5.74, 6) is 0. The van der Waals surface area contributed by atoms with Gasteiger partial charge in [0.15, 0.2) is 6.21 Å².